The van der Waals surface area contributed by atoms with Gasteiger partial charge in [-0.3, -0.25) is 14.4 Å². The molecule has 3 aromatic carbocycles. The molecule has 1 amide bonds. The predicted octanol–water partition coefficient (Wildman–Crippen LogP) is 5.00. The molecule has 0 aliphatic carbocycles. The molecule has 0 bridgehead atoms. The van der Waals surface area contributed by atoms with Crippen LogP contribution in [0.15, 0.2) is 83.8 Å². The van der Waals surface area contributed by atoms with Crippen LogP contribution in [0.2, 0.25) is 5.02 Å². The molecule has 0 aliphatic heterocycles. The summed E-state index contributed by atoms with van der Waals surface area (Å²) < 4.78 is 27.8. The standard InChI is InChI=1S/C23H19ClN4O3S2/c1-16-7-13-20(14-8-16)33(30,31)28(19-5-3-2-4-6-19)15-21(29)25-23-27-26-22(32-23)17-9-11-18(24)12-10-17/h2-14H,15H2,1H3,(H,25,27,29). The Hall–Kier alpha value is -3.27. The first-order valence-corrected chi connectivity index (χ1v) is 12.5. The highest BCUT2D eigenvalue weighted by molar-refractivity contribution is 7.92. The fourth-order valence-corrected chi connectivity index (χ4v) is 5.33. The molecule has 168 valence electrons. The minimum Gasteiger partial charge on any atom is -0.299 e. The molecule has 1 aromatic heterocycles. The Morgan fingerprint density at radius 2 is 1.64 bits per heavy atom. The second-order valence-corrected chi connectivity index (χ2v) is 10.4. The second kappa shape index (κ2) is 9.70. The fourth-order valence-electron chi connectivity index (χ4n) is 3.02. The number of anilines is 2. The lowest BCUT2D eigenvalue weighted by molar-refractivity contribution is -0.114. The Bertz CT molecular complexity index is 1360. The zero-order valence-electron chi connectivity index (χ0n) is 17.5. The number of carbonyl (C=O) groups is 1. The maximum absolute atomic E-state index is 13.4. The quantitative estimate of drug-likeness (QED) is 0.387. The molecule has 10 heteroatoms. The number of hydrogen-bond acceptors (Lipinski definition) is 6. The monoisotopic (exact) mass is 498 g/mol. The molecule has 0 radical (unpaired) electrons. The number of nitrogens with one attached hydrogen (secondary N) is 1. The van der Waals surface area contributed by atoms with Gasteiger partial charge in [-0.1, -0.05) is 71.0 Å². The molecule has 7 nitrogen and oxygen atoms in total. The summed E-state index contributed by atoms with van der Waals surface area (Å²) in [5.74, 6) is -0.534. The van der Waals surface area contributed by atoms with E-state index >= 15 is 0 Å². The molecule has 0 saturated heterocycles. The average Bonchev–Trinajstić information content (AvgIpc) is 3.27. The van der Waals surface area contributed by atoms with E-state index in [1.165, 1.54) is 23.5 Å². The highest BCUT2D eigenvalue weighted by Crippen LogP contribution is 2.28. The number of nitrogens with zero attached hydrogens (tertiary/aromatic N) is 3. The van der Waals surface area contributed by atoms with E-state index in [1.807, 2.05) is 6.92 Å². The highest BCUT2D eigenvalue weighted by Gasteiger charge is 2.27. The van der Waals surface area contributed by atoms with Crippen molar-refractivity contribution in [2.24, 2.45) is 0 Å². The number of halogens is 1. The molecule has 1 heterocycles. The molecule has 4 aromatic rings. The Morgan fingerprint density at radius 1 is 0.970 bits per heavy atom. The normalized spacial score (nSPS) is 11.2. The minimum atomic E-state index is -3.97. The van der Waals surface area contributed by atoms with Crippen molar-refractivity contribution in [3.05, 3.63) is 89.4 Å². The first-order valence-electron chi connectivity index (χ1n) is 9.87. The van der Waals surface area contributed by atoms with Crippen LogP contribution in [-0.2, 0) is 14.8 Å². The van der Waals surface area contributed by atoms with Gasteiger partial charge in [0.1, 0.15) is 11.6 Å². The summed E-state index contributed by atoms with van der Waals surface area (Å²) >= 11 is 7.10. The Morgan fingerprint density at radius 3 is 2.30 bits per heavy atom. The first-order chi connectivity index (χ1) is 15.8. The van der Waals surface area contributed by atoms with Gasteiger partial charge in [0.05, 0.1) is 10.6 Å². The van der Waals surface area contributed by atoms with E-state index in [1.54, 1.807) is 66.7 Å². The Labute approximate surface area is 200 Å². The molecule has 0 aliphatic rings. The van der Waals surface area contributed by atoms with Gasteiger partial charge in [-0.05, 0) is 43.3 Å². The summed E-state index contributed by atoms with van der Waals surface area (Å²) in [5, 5.41) is 12.2. The van der Waals surface area contributed by atoms with Crippen LogP contribution in [-0.4, -0.2) is 31.1 Å². The van der Waals surface area contributed by atoms with Crippen LogP contribution in [0.4, 0.5) is 10.8 Å². The number of aryl methyl sites for hydroxylation is 1. The van der Waals surface area contributed by atoms with Gasteiger partial charge in [0.25, 0.3) is 10.0 Å². The summed E-state index contributed by atoms with van der Waals surface area (Å²) in [6.45, 7) is 1.45. The van der Waals surface area contributed by atoms with E-state index in [2.05, 4.69) is 15.5 Å². The van der Waals surface area contributed by atoms with Crippen molar-refractivity contribution < 1.29 is 13.2 Å². The van der Waals surface area contributed by atoms with Crippen LogP contribution in [0.3, 0.4) is 0 Å². The lowest BCUT2D eigenvalue weighted by Gasteiger charge is -2.23. The van der Waals surface area contributed by atoms with Crippen molar-refractivity contribution in [2.45, 2.75) is 11.8 Å². The lowest BCUT2D eigenvalue weighted by Crippen LogP contribution is -2.38. The van der Waals surface area contributed by atoms with Gasteiger partial charge < -0.3 is 0 Å². The molecule has 4 rings (SSSR count). The number of hydrogen-bond donors (Lipinski definition) is 1. The van der Waals surface area contributed by atoms with Crippen LogP contribution in [0.25, 0.3) is 10.6 Å². The Balaban J connectivity index is 1.56. The van der Waals surface area contributed by atoms with E-state index in [-0.39, 0.29) is 10.0 Å². The van der Waals surface area contributed by atoms with Gasteiger partial charge in [-0.25, -0.2) is 8.42 Å². The maximum atomic E-state index is 13.4. The van der Waals surface area contributed by atoms with Crippen LogP contribution in [0, 0.1) is 6.92 Å². The van der Waals surface area contributed by atoms with Crippen molar-refractivity contribution in [1.29, 1.82) is 0 Å². The number of aromatic nitrogens is 2. The third-order valence-electron chi connectivity index (χ3n) is 4.70. The van der Waals surface area contributed by atoms with Crippen molar-refractivity contribution >= 4 is 49.7 Å². The second-order valence-electron chi connectivity index (χ2n) is 7.13. The van der Waals surface area contributed by atoms with Crippen molar-refractivity contribution in [1.82, 2.24) is 10.2 Å². The number of para-hydroxylation sites is 1. The molecular formula is C23H19ClN4O3S2. The van der Waals surface area contributed by atoms with Crippen molar-refractivity contribution in [2.75, 3.05) is 16.2 Å². The van der Waals surface area contributed by atoms with E-state index in [9.17, 15) is 13.2 Å². The van der Waals surface area contributed by atoms with E-state index in [0.717, 1.165) is 15.4 Å². The van der Waals surface area contributed by atoms with Gasteiger partial charge in [-0.2, -0.15) is 0 Å². The lowest BCUT2D eigenvalue weighted by atomic mass is 10.2. The zero-order valence-corrected chi connectivity index (χ0v) is 19.9. The summed E-state index contributed by atoms with van der Waals surface area (Å²) in [6, 6.07) is 22.1. The van der Waals surface area contributed by atoms with Crippen LogP contribution in [0.5, 0.6) is 0 Å². The molecule has 0 fully saturated rings. The largest absolute Gasteiger partial charge is 0.299 e. The molecule has 0 spiro atoms. The Kier molecular flexibility index (Phi) is 6.73. The van der Waals surface area contributed by atoms with E-state index in [0.29, 0.717) is 15.7 Å². The third-order valence-corrected chi connectivity index (χ3v) is 7.63. The average molecular weight is 499 g/mol. The van der Waals surface area contributed by atoms with Gasteiger partial charge in [0, 0.05) is 10.6 Å². The molecule has 33 heavy (non-hydrogen) atoms. The molecule has 0 unspecified atom stereocenters. The number of carbonyl (C=O) groups excluding carboxylic acids is 1. The molecular weight excluding hydrogens is 480 g/mol. The molecule has 0 atom stereocenters. The predicted molar refractivity (Wildman–Crippen MR) is 131 cm³/mol. The SMILES string of the molecule is Cc1ccc(S(=O)(=O)N(CC(=O)Nc2nnc(-c3ccc(Cl)cc3)s2)c2ccccc2)cc1. The van der Waals surface area contributed by atoms with Gasteiger partial charge in [0.2, 0.25) is 11.0 Å². The smallest absolute Gasteiger partial charge is 0.264 e. The van der Waals surface area contributed by atoms with Crippen LogP contribution in [0.1, 0.15) is 5.56 Å². The summed E-state index contributed by atoms with van der Waals surface area (Å²) in [6.07, 6.45) is 0. The number of benzene rings is 3. The highest BCUT2D eigenvalue weighted by atomic mass is 35.5. The number of sulfonamides is 1. The summed E-state index contributed by atoms with van der Waals surface area (Å²) in [5.41, 5.74) is 2.13. The zero-order chi connectivity index (χ0) is 23.4. The fraction of sp³-hybridized carbons (Fsp3) is 0.0870. The van der Waals surface area contributed by atoms with E-state index < -0.39 is 22.5 Å². The number of amides is 1. The topological polar surface area (TPSA) is 92.3 Å². The maximum Gasteiger partial charge on any atom is 0.264 e. The van der Waals surface area contributed by atoms with Gasteiger partial charge >= 0.3 is 0 Å². The first kappa shape index (κ1) is 22.9. The third kappa shape index (κ3) is 5.39. The summed E-state index contributed by atoms with van der Waals surface area (Å²) in [4.78, 5) is 12.9. The van der Waals surface area contributed by atoms with Gasteiger partial charge in [0.15, 0.2) is 0 Å². The van der Waals surface area contributed by atoms with Crippen LogP contribution < -0.4 is 9.62 Å². The minimum absolute atomic E-state index is 0.102. The van der Waals surface area contributed by atoms with Crippen LogP contribution >= 0.6 is 22.9 Å². The number of rotatable bonds is 7. The van der Waals surface area contributed by atoms with Crippen molar-refractivity contribution in [3.8, 4) is 10.6 Å². The molecule has 0 saturated carbocycles. The van der Waals surface area contributed by atoms with Crippen molar-refractivity contribution in [3.63, 3.8) is 0 Å². The molecule has 1 N–H and O–H groups in total. The summed E-state index contributed by atoms with van der Waals surface area (Å²) in [7, 11) is -3.97. The van der Waals surface area contributed by atoms with E-state index in [4.69, 9.17) is 11.6 Å². The van der Waals surface area contributed by atoms with Gasteiger partial charge in [-0.15, -0.1) is 10.2 Å².